The average molecular weight is 267 g/mol. The molecule has 0 saturated heterocycles. The fourth-order valence-corrected chi connectivity index (χ4v) is 2.05. The number of aromatic nitrogens is 1. The van der Waals surface area contributed by atoms with Gasteiger partial charge in [0.1, 0.15) is 0 Å². The third-order valence-corrected chi connectivity index (χ3v) is 3.08. The molecule has 0 spiro atoms. The summed E-state index contributed by atoms with van der Waals surface area (Å²) in [4.78, 5) is 4.31. The number of benzene rings is 2. The van der Waals surface area contributed by atoms with Gasteiger partial charge in [-0.3, -0.25) is 4.98 Å². The minimum absolute atomic E-state index is 0.628. The Balaban J connectivity index is 2.05. The molecule has 0 aliphatic heterocycles. The van der Waals surface area contributed by atoms with Gasteiger partial charge in [-0.2, -0.15) is 0 Å². The molecule has 98 valence electrons. The smallest absolute Gasteiger partial charge is 0.159 e. The first-order valence-corrected chi connectivity index (χ1v) is 6.21. The van der Waals surface area contributed by atoms with Gasteiger partial charge in [-0.25, -0.2) is 8.78 Å². The van der Waals surface area contributed by atoms with Crippen LogP contribution in [0.2, 0.25) is 0 Å². The number of halogens is 2. The van der Waals surface area contributed by atoms with E-state index in [2.05, 4.69) is 4.98 Å². The van der Waals surface area contributed by atoms with Gasteiger partial charge in [0.15, 0.2) is 11.6 Å². The van der Waals surface area contributed by atoms with E-state index in [0.29, 0.717) is 5.56 Å². The van der Waals surface area contributed by atoms with Crippen LogP contribution in [0, 0.1) is 11.6 Å². The summed E-state index contributed by atoms with van der Waals surface area (Å²) in [7, 11) is 0. The largest absolute Gasteiger partial charge is 0.256 e. The van der Waals surface area contributed by atoms with Gasteiger partial charge < -0.3 is 0 Å². The summed E-state index contributed by atoms with van der Waals surface area (Å²) < 4.78 is 26.3. The van der Waals surface area contributed by atoms with Crippen LogP contribution in [0.4, 0.5) is 8.78 Å². The monoisotopic (exact) mass is 267 g/mol. The van der Waals surface area contributed by atoms with Gasteiger partial charge >= 0.3 is 0 Å². The maximum Gasteiger partial charge on any atom is 0.159 e. The van der Waals surface area contributed by atoms with E-state index in [4.69, 9.17) is 0 Å². The van der Waals surface area contributed by atoms with Crippen LogP contribution >= 0.6 is 0 Å². The Morgan fingerprint density at radius 1 is 0.650 bits per heavy atom. The predicted molar refractivity (Wildman–Crippen MR) is 75.0 cm³/mol. The van der Waals surface area contributed by atoms with Crippen LogP contribution in [0.3, 0.4) is 0 Å². The Kier molecular flexibility index (Phi) is 3.25. The lowest BCUT2D eigenvalue weighted by Gasteiger charge is -2.05. The standard InChI is InChI=1S/C17H11F2N/c18-15-7-6-13(10-16(15)19)14-8-9-20-17(11-14)12-4-2-1-3-5-12/h1-11H. The zero-order valence-electron chi connectivity index (χ0n) is 10.6. The molecule has 0 bridgehead atoms. The van der Waals surface area contributed by atoms with Crippen molar-refractivity contribution in [2.45, 2.75) is 0 Å². The lowest BCUT2D eigenvalue weighted by molar-refractivity contribution is 0.509. The summed E-state index contributed by atoms with van der Waals surface area (Å²) in [6.07, 6.45) is 1.67. The molecule has 0 atom stereocenters. The molecule has 3 heteroatoms. The molecule has 2 aromatic carbocycles. The average Bonchev–Trinajstić information content (AvgIpc) is 2.51. The summed E-state index contributed by atoms with van der Waals surface area (Å²) in [5.41, 5.74) is 3.21. The highest BCUT2D eigenvalue weighted by molar-refractivity contribution is 5.70. The third kappa shape index (κ3) is 2.43. The lowest BCUT2D eigenvalue weighted by atomic mass is 10.0. The molecule has 1 nitrogen and oxygen atoms in total. The molecule has 0 unspecified atom stereocenters. The van der Waals surface area contributed by atoms with Crippen LogP contribution in [0.15, 0.2) is 66.9 Å². The molecule has 0 amide bonds. The van der Waals surface area contributed by atoms with Gasteiger partial charge in [0.25, 0.3) is 0 Å². The van der Waals surface area contributed by atoms with Gasteiger partial charge in [0.2, 0.25) is 0 Å². The van der Waals surface area contributed by atoms with E-state index in [0.717, 1.165) is 22.9 Å². The van der Waals surface area contributed by atoms with Gasteiger partial charge in [-0.15, -0.1) is 0 Å². The second kappa shape index (κ2) is 5.21. The van der Waals surface area contributed by atoms with E-state index < -0.39 is 11.6 Å². The normalized spacial score (nSPS) is 10.5. The zero-order valence-corrected chi connectivity index (χ0v) is 10.6. The van der Waals surface area contributed by atoms with Crippen molar-refractivity contribution in [1.29, 1.82) is 0 Å². The van der Waals surface area contributed by atoms with Crippen molar-refractivity contribution in [1.82, 2.24) is 4.98 Å². The van der Waals surface area contributed by atoms with Crippen molar-refractivity contribution in [3.05, 3.63) is 78.5 Å². The topological polar surface area (TPSA) is 12.9 Å². The van der Waals surface area contributed by atoms with E-state index in [1.807, 2.05) is 36.4 Å². The minimum atomic E-state index is -0.847. The highest BCUT2D eigenvalue weighted by Gasteiger charge is 2.06. The van der Waals surface area contributed by atoms with Gasteiger partial charge in [-0.05, 0) is 35.4 Å². The number of hydrogen-bond donors (Lipinski definition) is 0. The first-order chi connectivity index (χ1) is 9.74. The number of rotatable bonds is 2. The predicted octanol–water partition coefficient (Wildman–Crippen LogP) is 4.69. The van der Waals surface area contributed by atoms with Crippen molar-refractivity contribution < 1.29 is 8.78 Å². The van der Waals surface area contributed by atoms with Crippen molar-refractivity contribution in [2.75, 3.05) is 0 Å². The lowest BCUT2D eigenvalue weighted by Crippen LogP contribution is -1.88. The summed E-state index contributed by atoms with van der Waals surface area (Å²) in [5.74, 6) is -1.69. The van der Waals surface area contributed by atoms with Crippen LogP contribution in [-0.2, 0) is 0 Å². The van der Waals surface area contributed by atoms with E-state index in [1.54, 1.807) is 18.3 Å². The van der Waals surface area contributed by atoms with Crippen LogP contribution in [0.5, 0.6) is 0 Å². The molecule has 0 aliphatic rings. The van der Waals surface area contributed by atoms with Crippen molar-refractivity contribution >= 4 is 0 Å². The van der Waals surface area contributed by atoms with Crippen molar-refractivity contribution in [3.63, 3.8) is 0 Å². The SMILES string of the molecule is Fc1ccc(-c2ccnc(-c3ccccc3)c2)cc1F. The second-order valence-electron chi connectivity index (χ2n) is 4.42. The van der Waals surface area contributed by atoms with Crippen LogP contribution in [0.25, 0.3) is 22.4 Å². The maximum atomic E-state index is 13.3. The molecule has 1 aromatic heterocycles. The Hall–Kier alpha value is -2.55. The molecular weight excluding hydrogens is 256 g/mol. The highest BCUT2D eigenvalue weighted by atomic mass is 19.2. The van der Waals surface area contributed by atoms with E-state index in [9.17, 15) is 8.78 Å². The number of nitrogens with zero attached hydrogens (tertiary/aromatic N) is 1. The molecule has 0 aliphatic carbocycles. The highest BCUT2D eigenvalue weighted by Crippen LogP contribution is 2.25. The fraction of sp³-hybridized carbons (Fsp3) is 0. The Morgan fingerprint density at radius 2 is 1.40 bits per heavy atom. The molecule has 0 fully saturated rings. The number of pyridine rings is 1. The Morgan fingerprint density at radius 3 is 2.15 bits per heavy atom. The first kappa shape index (κ1) is 12.5. The van der Waals surface area contributed by atoms with Gasteiger partial charge in [0.05, 0.1) is 5.69 Å². The zero-order chi connectivity index (χ0) is 13.9. The quantitative estimate of drug-likeness (QED) is 0.656. The summed E-state index contributed by atoms with van der Waals surface area (Å²) >= 11 is 0. The number of hydrogen-bond acceptors (Lipinski definition) is 1. The van der Waals surface area contributed by atoms with Gasteiger partial charge in [-0.1, -0.05) is 36.4 Å². The van der Waals surface area contributed by atoms with Crippen molar-refractivity contribution in [3.8, 4) is 22.4 Å². The summed E-state index contributed by atoms with van der Waals surface area (Å²) in [5, 5.41) is 0. The summed E-state index contributed by atoms with van der Waals surface area (Å²) in [6.45, 7) is 0. The van der Waals surface area contributed by atoms with E-state index in [-0.39, 0.29) is 0 Å². The van der Waals surface area contributed by atoms with Crippen molar-refractivity contribution in [2.24, 2.45) is 0 Å². The molecule has 3 aromatic rings. The van der Waals surface area contributed by atoms with E-state index >= 15 is 0 Å². The molecule has 20 heavy (non-hydrogen) atoms. The van der Waals surface area contributed by atoms with Crippen LogP contribution < -0.4 is 0 Å². The molecule has 1 heterocycles. The molecule has 3 rings (SSSR count). The maximum absolute atomic E-state index is 13.3. The fourth-order valence-electron chi connectivity index (χ4n) is 2.05. The van der Waals surface area contributed by atoms with Crippen LogP contribution in [-0.4, -0.2) is 4.98 Å². The molecular formula is C17H11F2N. The van der Waals surface area contributed by atoms with Crippen LogP contribution in [0.1, 0.15) is 0 Å². The summed E-state index contributed by atoms with van der Waals surface area (Å²) in [6, 6.07) is 17.2. The molecule has 0 N–H and O–H groups in total. The molecule has 0 radical (unpaired) electrons. The second-order valence-corrected chi connectivity index (χ2v) is 4.42. The van der Waals surface area contributed by atoms with Gasteiger partial charge in [0, 0.05) is 11.8 Å². The Bertz CT molecular complexity index is 739. The molecule has 0 saturated carbocycles. The first-order valence-electron chi connectivity index (χ1n) is 6.21. The third-order valence-electron chi connectivity index (χ3n) is 3.08. The minimum Gasteiger partial charge on any atom is -0.256 e. The Labute approximate surface area is 115 Å². The van der Waals surface area contributed by atoms with E-state index in [1.165, 1.54) is 6.07 Å².